The molecule has 2 aromatic heterocycles. The number of benzene rings is 1. The molecule has 0 radical (unpaired) electrons. The fourth-order valence-electron chi connectivity index (χ4n) is 4.26. The number of nitrogens with zero attached hydrogens (tertiary/aromatic N) is 4. The van der Waals surface area contributed by atoms with Crippen molar-refractivity contribution >= 4 is 27.7 Å². The lowest BCUT2D eigenvalue weighted by molar-refractivity contribution is 0.100. The van der Waals surface area contributed by atoms with Gasteiger partial charge in [-0.05, 0) is 43.4 Å². The van der Waals surface area contributed by atoms with Crippen LogP contribution in [-0.2, 0) is 27.5 Å². The zero-order valence-corrected chi connectivity index (χ0v) is 20.0. The van der Waals surface area contributed by atoms with Gasteiger partial charge >= 0.3 is 10.3 Å². The van der Waals surface area contributed by atoms with Gasteiger partial charge in [0, 0.05) is 28.9 Å². The molecule has 1 aromatic carbocycles. The summed E-state index contributed by atoms with van der Waals surface area (Å²) < 4.78 is 42.3. The highest BCUT2D eigenvalue weighted by molar-refractivity contribution is 7.84. The lowest BCUT2D eigenvalue weighted by atomic mass is 9.96. The smallest absolute Gasteiger partial charge is 0.333 e. The minimum atomic E-state index is -4.09. The number of ketones is 1. The van der Waals surface area contributed by atoms with Gasteiger partial charge in [-0.3, -0.25) is 13.7 Å². The quantitative estimate of drug-likeness (QED) is 0.404. The van der Waals surface area contributed by atoms with Crippen molar-refractivity contribution in [3.63, 3.8) is 0 Å². The molecule has 1 fully saturated rings. The molecule has 0 spiro atoms. The number of halogens is 2. The van der Waals surface area contributed by atoms with Gasteiger partial charge in [-0.25, -0.2) is 19.5 Å². The van der Waals surface area contributed by atoms with Crippen molar-refractivity contribution in [3.05, 3.63) is 76.3 Å². The van der Waals surface area contributed by atoms with Crippen LogP contribution in [0.25, 0.3) is 0 Å². The van der Waals surface area contributed by atoms with Crippen LogP contribution < -0.4 is 5.14 Å². The maximum atomic E-state index is 14.1. The fourth-order valence-corrected chi connectivity index (χ4v) is 4.78. The Bertz CT molecular complexity index is 1340. The van der Waals surface area contributed by atoms with E-state index in [2.05, 4.69) is 19.2 Å². The molecular weight excluding hydrogens is 501 g/mol. The molecule has 186 valence electrons. The summed E-state index contributed by atoms with van der Waals surface area (Å²) in [5, 5.41) is 19.7. The van der Waals surface area contributed by atoms with Crippen LogP contribution in [-0.4, -0.2) is 51.8 Å². The van der Waals surface area contributed by atoms with Crippen LogP contribution in [0.15, 0.2) is 43.0 Å². The third-order valence-corrected chi connectivity index (χ3v) is 6.64. The first-order chi connectivity index (χ1) is 16.6. The van der Waals surface area contributed by atoms with Crippen LogP contribution in [0.1, 0.15) is 40.2 Å². The first kappa shape index (κ1) is 25.3. The van der Waals surface area contributed by atoms with Crippen molar-refractivity contribution in [3.8, 4) is 0 Å². The second-order valence-corrected chi connectivity index (χ2v) is 10.2. The molecule has 4 rings (SSSR count). The molecule has 1 aliphatic carbocycles. The lowest BCUT2D eigenvalue weighted by Gasteiger charge is -2.13. The molecule has 0 unspecified atom stereocenters. The average molecular weight is 524 g/mol. The second kappa shape index (κ2) is 10.5. The van der Waals surface area contributed by atoms with Gasteiger partial charge in [0.1, 0.15) is 17.8 Å². The molecule has 0 aliphatic heterocycles. The zero-order chi connectivity index (χ0) is 25.2. The first-order valence-electron chi connectivity index (χ1n) is 10.7. The second-order valence-electron chi connectivity index (χ2n) is 8.49. The average Bonchev–Trinajstić information content (AvgIpc) is 3.40. The van der Waals surface area contributed by atoms with Gasteiger partial charge in [-0.1, -0.05) is 17.7 Å². The number of nitrogens with two attached hydrogens (primary N) is 1. The van der Waals surface area contributed by atoms with Gasteiger partial charge in [0.15, 0.2) is 0 Å². The van der Waals surface area contributed by atoms with Crippen LogP contribution in [0.5, 0.6) is 0 Å². The Kier molecular flexibility index (Phi) is 7.57. The number of rotatable bonds is 9. The van der Waals surface area contributed by atoms with Crippen molar-refractivity contribution in [1.82, 2.24) is 19.7 Å². The van der Waals surface area contributed by atoms with E-state index in [0.717, 1.165) is 0 Å². The third kappa shape index (κ3) is 6.47. The van der Waals surface area contributed by atoms with Gasteiger partial charge in [0.05, 0.1) is 30.5 Å². The summed E-state index contributed by atoms with van der Waals surface area (Å²) in [5.74, 6) is -1.30. The molecular formula is C22H23ClFN5O5S. The van der Waals surface area contributed by atoms with Crippen molar-refractivity contribution in [2.75, 3.05) is 6.61 Å². The Morgan fingerprint density at radius 3 is 2.86 bits per heavy atom. The van der Waals surface area contributed by atoms with E-state index in [9.17, 15) is 22.7 Å². The molecule has 1 saturated carbocycles. The van der Waals surface area contributed by atoms with E-state index in [4.69, 9.17) is 16.7 Å². The molecule has 1 aliphatic rings. The molecule has 10 nitrogen and oxygen atoms in total. The summed E-state index contributed by atoms with van der Waals surface area (Å²) in [6, 6.07) is 5.88. The van der Waals surface area contributed by atoms with E-state index in [1.807, 2.05) is 0 Å². The molecule has 3 N–H and O–H groups in total. The Morgan fingerprint density at radius 1 is 1.31 bits per heavy atom. The number of carbonyl (C=O) groups excluding carboxylic acids is 1. The molecule has 0 saturated heterocycles. The van der Waals surface area contributed by atoms with Crippen molar-refractivity contribution in [1.29, 1.82) is 0 Å². The number of aliphatic hydroxyl groups is 1. The third-order valence-electron chi connectivity index (χ3n) is 5.94. The van der Waals surface area contributed by atoms with Crippen LogP contribution in [0.3, 0.4) is 0 Å². The highest BCUT2D eigenvalue weighted by Crippen LogP contribution is 2.34. The predicted octanol–water partition coefficient (Wildman–Crippen LogP) is 1.89. The van der Waals surface area contributed by atoms with Crippen LogP contribution in [0.4, 0.5) is 4.39 Å². The van der Waals surface area contributed by atoms with E-state index >= 15 is 0 Å². The highest BCUT2D eigenvalue weighted by Gasteiger charge is 2.35. The normalized spacial score (nSPS) is 20.3. The number of hydrogen-bond donors (Lipinski definition) is 2. The van der Waals surface area contributed by atoms with Crippen molar-refractivity contribution in [2.24, 2.45) is 17.0 Å². The molecule has 0 amide bonds. The Balaban J connectivity index is 1.45. The summed E-state index contributed by atoms with van der Waals surface area (Å²) in [7, 11) is -4.09. The van der Waals surface area contributed by atoms with Gasteiger partial charge in [-0.15, -0.1) is 0 Å². The van der Waals surface area contributed by atoms with E-state index < -0.39 is 28.1 Å². The SMILES string of the molecule is NS(=O)(=O)OC[C@H]1C[C@@H](Cc2ncncc2C(=O)c2ccn(Cc3ccc(Cl)cc3F)n2)C[C@@H]1O. The zero-order valence-electron chi connectivity index (χ0n) is 18.4. The highest BCUT2D eigenvalue weighted by atomic mass is 35.5. The molecule has 3 aromatic rings. The topological polar surface area (TPSA) is 150 Å². The number of aliphatic hydroxyl groups excluding tert-OH is 1. The summed E-state index contributed by atoms with van der Waals surface area (Å²) in [4.78, 5) is 21.4. The molecule has 3 atom stereocenters. The molecule has 2 heterocycles. The summed E-state index contributed by atoms with van der Waals surface area (Å²) in [5.41, 5.74) is 1.30. The summed E-state index contributed by atoms with van der Waals surface area (Å²) in [6.45, 7) is -0.0892. The number of hydrogen-bond acceptors (Lipinski definition) is 8. The van der Waals surface area contributed by atoms with Gasteiger partial charge < -0.3 is 5.11 Å². The van der Waals surface area contributed by atoms with Crippen LogP contribution in [0.2, 0.25) is 5.02 Å². The molecule has 13 heteroatoms. The van der Waals surface area contributed by atoms with Crippen molar-refractivity contribution in [2.45, 2.75) is 31.9 Å². The monoisotopic (exact) mass is 523 g/mol. The largest absolute Gasteiger partial charge is 0.393 e. The van der Waals surface area contributed by atoms with Gasteiger partial charge in [0.25, 0.3) is 0 Å². The maximum absolute atomic E-state index is 14.1. The maximum Gasteiger partial charge on any atom is 0.333 e. The standard InChI is InChI=1S/C22H23ClFN5O5S/c23-16-2-1-14(18(24)8-16)10-29-4-3-19(28-29)22(31)17-9-26-12-27-20(17)6-13-5-15(21(30)7-13)11-34-35(25,32)33/h1-4,8-9,12-13,15,21,30H,5-7,10-11H2,(H2,25,32,33)/t13-,15+,21-/m0/s1. The summed E-state index contributed by atoms with van der Waals surface area (Å²) in [6.07, 6.45) is 4.83. The number of carbonyl (C=O) groups is 1. The summed E-state index contributed by atoms with van der Waals surface area (Å²) >= 11 is 5.79. The predicted molar refractivity (Wildman–Crippen MR) is 123 cm³/mol. The Hall–Kier alpha value is -2.77. The van der Waals surface area contributed by atoms with E-state index in [0.29, 0.717) is 30.5 Å². The van der Waals surface area contributed by atoms with Crippen LogP contribution in [0, 0.1) is 17.7 Å². The molecule has 0 bridgehead atoms. The van der Waals surface area contributed by atoms with Gasteiger partial charge in [0.2, 0.25) is 5.78 Å². The van der Waals surface area contributed by atoms with Crippen LogP contribution >= 0.6 is 11.6 Å². The Labute approximate surface area is 206 Å². The first-order valence-corrected chi connectivity index (χ1v) is 12.6. The van der Waals surface area contributed by atoms with E-state index in [1.165, 1.54) is 29.3 Å². The lowest BCUT2D eigenvalue weighted by Crippen LogP contribution is -2.24. The number of aromatic nitrogens is 4. The van der Waals surface area contributed by atoms with Gasteiger partial charge in [-0.2, -0.15) is 13.5 Å². The molecule has 35 heavy (non-hydrogen) atoms. The van der Waals surface area contributed by atoms with Crippen molar-refractivity contribution < 1.29 is 26.9 Å². The minimum Gasteiger partial charge on any atom is -0.393 e. The van der Waals surface area contributed by atoms with E-state index in [-0.39, 0.29) is 41.1 Å². The minimum absolute atomic E-state index is 0.0500. The Morgan fingerprint density at radius 2 is 2.11 bits per heavy atom. The fraction of sp³-hybridized carbons (Fsp3) is 0.364. The van der Waals surface area contributed by atoms with E-state index in [1.54, 1.807) is 18.3 Å².